The molecule has 0 fully saturated rings. The Morgan fingerprint density at radius 1 is 1.50 bits per heavy atom. The van der Waals surface area contributed by atoms with Crippen molar-refractivity contribution in [3.63, 3.8) is 0 Å². The van der Waals surface area contributed by atoms with Gasteiger partial charge in [0.15, 0.2) is 5.89 Å². The summed E-state index contributed by atoms with van der Waals surface area (Å²) in [5, 5.41) is 0. The lowest BCUT2D eigenvalue weighted by molar-refractivity contribution is 0.521. The molecule has 0 aliphatic heterocycles. The zero-order chi connectivity index (χ0) is 5.28. The molecule has 1 heterocycles. The van der Waals surface area contributed by atoms with Gasteiger partial charge < -0.3 is 4.42 Å². The minimum Gasteiger partial charge on any atom is -0.449 e. The van der Waals surface area contributed by atoms with Crippen molar-refractivity contribution >= 4 is 0 Å². The van der Waals surface area contributed by atoms with Gasteiger partial charge in [-0.3, -0.25) is 0 Å². The molecule has 1 rings (SSSR count). The Morgan fingerprint density at radius 3 is 2.25 bits per heavy atom. The maximum absolute atomic E-state index is 4.85. The number of oxazole rings is 1. The van der Waals surface area contributed by atoms with E-state index in [0.717, 1.165) is 11.6 Å². The first-order valence-corrected chi connectivity index (χ1v) is 2.18. The highest BCUT2D eigenvalue weighted by molar-refractivity contribution is 4.89. The van der Waals surface area contributed by atoms with Crippen LogP contribution >= 0.6 is 0 Å². The predicted molar refractivity (Wildman–Crippen MR) is 32.7 cm³/mol. The Morgan fingerprint density at radius 2 is 2.12 bits per heavy atom. The van der Waals surface area contributed by atoms with Gasteiger partial charge in [0.05, 0.1) is 5.69 Å². The van der Waals surface area contributed by atoms with Crippen molar-refractivity contribution < 1.29 is 4.42 Å². The largest absolute Gasteiger partial charge is 0.449 e. The van der Waals surface area contributed by atoms with Crippen molar-refractivity contribution in [3.8, 4) is 0 Å². The Kier molecular flexibility index (Phi) is 2.25. The van der Waals surface area contributed by atoms with Crippen molar-refractivity contribution in [2.45, 2.75) is 21.3 Å². The van der Waals surface area contributed by atoms with Crippen molar-refractivity contribution in [1.29, 1.82) is 0 Å². The van der Waals surface area contributed by atoms with Crippen LogP contribution in [0, 0.1) is 13.8 Å². The molecule has 0 bridgehead atoms. The molecule has 0 saturated carbocycles. The summed E-state index contributed by atoms with van der Waals surface area (Å²) in [5.74, 6) is 0.734. The van der Waals surface area contributed by atoms with E-state index in [9.17, 15) is 0 Å². The van der Waals surface area contributed by atoms with Gasteiger partial charge in [-0.1, -0.05) is 7.43 Å². The molecule has 0 amide bonds. The van der Waals surface area contributed by atoms with E-state index in [4.69, 9.17) is 4.42 Å². The van der Waals surface area contributed by atoms with Crippen LogP contribution in [0.25, 0.3) is 0 Å². The molecule has 0 atom stereocenters. The lowest BCUT2D eigenvalue weighted by atomic mass is 10.6. The number of hydrogen-bond donors (Lipinski definition) is 0. The van der Waals surface area contributed by atoms with E-state index in [0.29, 0.717) is 0 Å². The molecular weight excluding hydrogens is 102 g/mol. The van der Waals surface area contributed by atoms with Crippen LogP contribution in [0.2, 0.25) is 0 Å². The zero-order valence-corrected chi connectivity index (χ0v) is 4.43. The third kappa shape index (κ3) is 1.37. The van der Waals surface area contributed by atoms with Gasteiger partial charge in [-0.05, 0) is 6.92 Å². The highest BCUT2D eigenvalue weighted by atomic mass is 16.3. The van der Waals surface area contributed by atoms with Crippen LogP contribution in [-0.2, 0) is 0 Å². The molecule has 1 aromatic rings. The molecule has 0 saturated heterocycles. The molecular formula is C6H11NO. The summed E-state index contributed by atoms with van der Waals surface area (Å²) in [6, 6.07) is 0. The van der Waals surface area contributed by atoms with E-state index in [-0.39, 0.29) is 7.43 Å². The minimum absolute atomic E-state index is 0. The fourth-order valence-corrected chi connectivity index (χ4v) is 0.472. The van der Waals surface area contributed by atoms with E-state index >= 15 is 0 Å². The monoisotopic (exact) mass is 113 g/mol. The van der Waals surface area contributed by atoms with Crippen LogP contribution in [0.4, 0.5) is 0 Å². The second kappa shape index (κ2) is 2.50. The third-order valence-corrected chi connectivity index (χ3v) is 0.734. The molecule has 0 N–H and O–H groups in total. The Balaban J connectivity index is 0.000000490. The first-order valence-electron chi connectivity index (χ1n) is 2.18. The number of nitrogens with zero attached hydrogens (tertiary/aromatic N) is 1. The fraction of sp³-hybridized carbons (Fsp3) is 0.500. The van der Waals surface area contributed by atoms with Gasteiger partial charge in [-0.25, -0.2) is 4.98 Å². The summed E-state index contributed by atoms with van der Waals surface area (Å²) in [6.45, 7) is 3.73. The molecule has 0 radical (unpaired) electrons. The highest BCUT2D eigenvalue weighted by Crippen LogP contribution is 1.95. The van der Waals surface area contributed by atoms with Crippen LogP contribution in [0.1, 0.15) is 19.0 Å². The quantitative estimate of drug-likeness (QED) is 0.513. The van der Waals surface area contributed by atoms with Gasteiger partial charge in [0.2, 0.25) is 0 Å². The smallest absolute Gasteiger partial charge is 0.191 e. The van der Waals surface area contributed by atoms with Crippen LogP contribution in [-0.4, -0.2) is 4.98 Å². The standard InChI is InChI=1S/C5H7NO.CH4/c1-4-3-7-5(2)6-4;/h3H,1-2H3;1H4. The van der Waals surface area contributed by atoms with Gasteiger partial charge in [-0.15, -0.1) is 0 Å². The molecule has 0 unspecified atom stereocenters. The van der Waals surface area contributed by atoms with Gasteiger partial charge in [0.25, 0.3) is 0 Å². The zero-order valence-electron chi connectivity index (χ0n) is 4.43. The molecule has 8 heavy (non-hydrogen) atoms. The Labute approximate surface area is 49.5 Å². The second-order valence-corrected chi connectivity index (χ2v) is 1.51. The molecule has 0 aliphatic carbocycles. The summed E-state index contributed by atoms with van der Waals surface area (Å²) in [4.78, 5) is 3.94. The SMILES string of the molecule is C.Cc1coc(C)n1. The van der Waals surface area contributed by atoms with Crippen LogP contribution in [0.3, 0.4) is 0 Å². The average molecular weight is 113 g/mol. The van der Waals surface area contributed by atoms with E-state index in [2.05, 4.69) is 4.98 Å². The summed E-state index contributed by atoms with van der Waals surface area (Å²) in [5.41, 5.74) is 0.942. The van der Waals surface area contributed by atoms with Crippen LogP contribution < -0.4 is 0 Å². The first kappa shape index (κ1) is 7.21. The van der Waals surface area contributed by atoms with Crippen LogP contribution in [0.15, 0.2) is 10.7 Å². The molecule has 1 aromatic heterocycles. The Hall–Kier alpha value is -0.790. The summed E-state index contributed by atoms with van der Waals surface area (Å²) in [6.07, 6.45) is 1.63. The van der Waals surface area contributed by atoms with E-state index in [1.807, 2.05) is 13.8 Å². The fourth-order valence-electron chi connectivity index (χ4n) is 0.472. The maximum atomic E-state index is 4.85. The number of rotatable bonds is 0. The van der Waals surface area contributed by atoms with Gasteiger partial charge in [0, 0.05) is 6.92 Å². The summed E-state index contributed by atoms with van der Waals surface area (Å²) < 4.78 is 4.85. The summed E-state index contributed by atoms with van der Waals surface area (Å²) in [7, 11) is 0. The van der Waals surface area contributed by atoms with Crippen molar-refractivity contribution in [1.82, 2.24) is 4.98 Å². The topological polar surface area (TPSA) is 26.0 Å². The highest BCUT2D eigenvalue weighted by Gasteiger charge is 1.87. The Bertz CT molecular complexity index is 141. The maximum Gasteiger partial charge on any atom is 0.191 e. The van der Waals surface area contributed by atoms with E-state index in [1.165, 1.54) is 0 Å². The third-order valence-electron chi connectivity index (χ3n) is 0.734. The number of aromatic nitrogens is 1. The number of aryl methyl sites for hydroxylation is 2. The second-order valence-electron chi connectivity index (χ2n) is 1.51. The molecule has 46 valence electrons. The average Bonchev–Trinajstić information content (AvgIpc) is 1.87. The molecule has 0 aromatic carbocycles. The van der Waals surface area contributed by atoms with Gasteiger partial charge >= 0.3 is 0 Å². The predicted octanol–water partition coefficient (Wildman–Crippen LogP) is 1.93. The van der Waals surface area contributed by atoms with Gasteiger partial charge in [0.1, 0.15) is 6.26 Å². The molecule has 2 nitrogen and oxygen atoms in total. The normalized spacial score (nSPS) is 8.25. The van der Waals surface area contributed by atoms with Crippen LogP contribution in [0.5, 0.6) is 0 Å². The first-order chi connectivity index (χ1) is 3.29. The summed E-state index contributed by atoms with van der Waals surface area (Å²) >= 11 is 0. The molecule has 2 heteroatoms. The van der Waals surface area contributed by atoms with Crippen molar-refractivity contribution in [3.05, 3.63) is 17.8 Å². The van der Waals surface area contributed by atoms with Gasteiger partial charge in [-0.2, -0.15) is 0 Å². The molecule has 0 aliphatic rings. The lowest BCUT2D eigenvalue weighted by Gasteiger charge is -1.68. The van der Waals surface area contributed by atoms with Crippen molar-refractivity contribution in [2.24, 2.45) is 0 Å². The van der Waals surface area contributed by atoms with Crippen molar-refractivity contribution in [2.75, 3.05) is 0 Å². The lowest BCUT2D eigenvalue weighted by Crippen LogP contribution is -1.67. The molecule has 0 spiro atoms. The number of hydrogen-bond acceptors (Lipinski definition) is 2. The minimum atomic E-state index is 0. The van der Waals surface area contributed by atoms with E-state index < -0.39 is 0 Å². The van der Waals surface area contributed by atoms with E-state index in [1.54, 1.807) is 6.26 Å².